The molecule has 0 radical (unpaired) electrons. The molecule has 2 amide bonds. The highest BCUT2D eigenvalue weighted by molar-refractivity contribution is 6.31. The number of carbonyl (C=O) groups excluding carboxylic acids is 2. The lowest BCUT2D eigenvalue weighted by Crippen LogP contribution is -2.38. The molecule has 3 rings (SSSR count). The van der Waals surface area contributed by atoms with E-state index in [0.717, 1.165) is 29.2 Å². The smallest absolute Gasteiger partial charge is 0.254 e. The van der Waals surface area contributed by atoms with E-state index in [-0.39, 0.29) is 21.8 Å². The Bertz CT molecular complexity index is 1140. The Kier molecular flexibility index (Phi) is 6.91. The largest absolute Gasteiger partial charge is 0.325 e. The van der Waals surface area contributed by atoms with Gasteiger partial charge in [0.1, 0.15) is 18.2 Å². The summed E-state index contributed by atoms with van der Waals surface area (Å²) in [5.41, 5.74) is -0.0664. The molecular weight excluding hydrogens is 436 g/mol. The molecule has 0 fully saturated rings. The molecule has 9 heteroatoms. The summed E-state index contributed by atoms with van der Waals surface area (Å²) in [5, 5.41) is 2.23. The number of anilines is 1. The number of benzene rings is 3. The number of hydrogen-bond donors (Lipinski definition) is 1. The number of nitrogens with zero attached hydrogens (tertiary/aromatic N) is 1. The molecule has 0 atom stereocenters. The standard InChI is InChI=1S/C22H15ClF4N2O2/c23-17-10-16(7-8-18(17)25)28-20(30)12-29(11-14-4-2-6-19(26)21(14)27)22(31)13-3-1-5-15(24)9-13/h1-10H,11-12H2,(H,28,30). The minimum atomic E-state index is -1.16. The minimum absolute atomic E-state index is 0.0746. The molecule has 0 unspecified atom stereocenters. The summed E-state index contributed by atoms with van der Waals surface area (Å²) in [6, 6.07) is 11.7. The lowest BCUT2D eigenvalue weighted by molar-refractivity contribution is -0.117. The van der Waals surface area contributed by atoms with Gasteiger partial charge in [0, 0.05) is 23.4 Å². The predicted octanol–water partition coefficient (Wildman–Crippen LogP) is 5.18. The molecule has 0 aromatic heterocycles. The molecule has 0 aliphatic rings. The van der Waals surface area contributed by atoms with Crippen molar-refractivity contribution < 1.29 is 27.2 Å². The van der Waals surface area contributed by atoms with Crippen molar-refractivity contribution in [2.45, 2.75) is 6.54 Å². The predicted molar refractivity (Wildman–Crippen MR) is 108 cm³/mol. The molecular formula is C22H15ClF4N2O2. The van der Waals surface area contributed by atoms with Gasteiger partial charge in [0.05, 0.1) is 5.02 Å². The number of rotatable bonds is 6. The molecule has 1 N–H and O–H groups in total. The van der Waals surface area contributed by atoms with Crippen LogP contribution in [-0.4, -0.2) is 23.3 Å². The highest BCUT2D eigenvalue weighted by Crippen LogP contribution is 2.20. The van der Waals surface area contributed by atoms with E-state index in [0.29, 0.717) is 0 Å². The molecule has 160 valence electrons. The summed E-state index contributed by atoms with van der Waals surface area (Å²) in [7, 11) is 0. The second-order valence-corrected chi connectivity index (χ2v) is 6.97. The van der Waals surface area contributed by atoms with Crippen molar-refractivity contribution in [3.63, 3.8) is 0 Å². The zero-order valence-corrected chi connectivity index (χ0v) is 16.6. The highest BCUT2D eigenvalue weighted by Gasteiger charge is 2.22. The second kappa shape index (κ2) is 9.61. The van der Waals surface area contributed by atoms with Gasteiger partial charge in [-0.25, -0.2) is 17.6 Å². The fourth-order valence-corrected chi connectivity index (χ4v) is 3.01. The summed E-state index contributed by atoms with van der Waals surface area (Å²) in [5.74, 6) is -5.09. The van der Waals surface area contributed by atoms with E-state index >= 15 is 0 Å². The van der Waals surface area contributed by atoms with E-state index in [9.17, 15) is 27.2 Å². The number of carbonyl (C=O) groups is 2. The van der Waals surface area contributed by atoms with Gasteiger partial charge in [-0.1, -0.05) is 29.8 Å². The van der Waals surface area contributed by atoms with Gasteiger partial charge >= 0.3 is 0 Å². The van der Waals surface area contributed by atoms with Crippen LogP contribution in [0, 0.1) is 23.3 Å². The Morgan fingerprint density at radius 1 is 0.903 bits per heavy atom. The Hall–Kier alpha value is -3.39. The van der Waals surface area contributed by atoms with Gasteiger partial charge in [-0.05, 0) is 42.5 Å². The van der Waals surface area contributed by atoms with Gasteiger partial charge < -0.3 is 10.2 Å². The molecule has 4 nitrogen and oxygen atoms in total. The van der Waals surface area contributed by atoms with Crippen LogP contribution in [0.25, 0.3) is 0 Å². The summed E-state index contributed by atoms with van der Waals surface area (Å²) in [4.78, 5) is 26.3. The summed E-state index contributed by atoms with van der Waals surface area (Å²) >= 11 is 5.68. The summed E-state index contributed by atoms with van der Waals surface area (Å²) < 4.78 is 54.6. The van der Waals surface area contributed by atoms with Crippen LogP contribution in [0.1, 0.15) is 15.9 Å². The van der Waals surface area contributed by atoms with E-state index in [1.54, 1.807) is 0 Å². The van der Waals surface area contributed by atoms with Gasteiger partial charge in [0.2, 0.25) is 5.91 Å². The van der Waals surface area contributed by atoms with Crippen molar-refractivity contribution in [2.24, 2.45) is 0 Å². The quantitative estimate of drug-likeness (QED) is 0.526. The second-order valence-electron chi connectivity index (χ2n) is 6.56. The summed E-state index contributed by atoms with van der Waals surface area (Å²) in [6.45, 7) is -1.02. The first-order valence-corrected chi connectivity index (χ1v) is 9.35. The molecule has 0 heterocycles. The van der Waals surface area contributed by atoms with Crippen LogP contribution in [0.5, 0.6) is 0 Å². The van der Waals surface area contributed by atoms with Crippen molar-refractivity contribution in [1.82, 2.24) is 4.90 Å². The van der Waals surface area contributed by atoms with Crippen molar-refractivity contribution in [3.8, 4) is 0 Å². The Labute approximate surface area is 180 Å². The SMILES string of the molecule is O=C(CN(Cc1cccc(F)c1F)C(=O)c1cccc(F)c1)Nc1ccc(F)c(Cl)c1. The van der Waals surface area contributed by atoms with Gasteiger partial charge in [0.25, 0.3) is 5.91 Å². The molecule has 31 heavy (non-hydrogen) atoms. The van der Waals surface area contributed by atoms with Crippen LogP contribution < -0.4 is 5.32 Å². The van der Waals surface area contributed by atoms with Crippen molar-refractivity contribution in [3.05, 3.63) is 100 Å². The Balaban J connectivity index is 1.85. The Morgan fingerprint density at radius 2 is 1.65 bits per heavy atom. The third-order valence-corrected chi connectivity index (χ3v) is 4.58. The zero-order chi connectivity index (χ0) is 22.5. The maximum absolute atomic E-state index is 14.1. The van der Waals surface area contributed by atoms with Crippen molar-refractivity contribution in [2.75, 3.05) is 11.9 Å². The van der Waals surface area contributed by atoms with E-state index in [1.807, 2.05) is 0 Å². The average Bonchev–Trinajstić information content (AvgIpc) is 2.73. The lowest BCUT2D eigenvalue weighted by Gasteiger charge is -2.23. The molecule has 0 spiro atoms. The molecule has 0 saturated heterocycles. The molecule has 3 aromatic rings. The van der Waals surface area contributed by atoms with Crippen LogP contribution >= 0.6 is 11.6 Å². The average molecular weight is 451 g/mol. The van der Waals surface area contributed by atoms with Gasteiger partial charge in [-0.2, -0.15) is 0 Å². The molecule has 0 saturated carbocycles. The fourth-order valence-electron chi connectivity index (χ4n) is 2.83. The van der Waals surface area contributed by atoms with Crippen molar-refractivity contribution in [1.29, 1.82) is 0 Å². The van der Waals surface area contributed by atoms with E-state index in [2.05, 4.69) is 5.32 Å². The molecule has 0 bridgehead atoms. The van der Waals surface area contributed by atoms with Gasteiger partial charge in [0.15, 0.2) is 11.6 Å². The first-order chi connectivity index (χ1) is 14.7. The number of halogens is 5. The highest BCUT2D eigenvalue weighted by atomic mass is 35.5. The fraction of sp³-hybridized carbons (Fsp3) is 0.0909. The van der Waals surface area contributed by atoms with E-state index in [1.165, 1.54) is 36.4 Å². The molecule has 3 aromatic carbocycles. The van der Waals surface area contributed by atoms with Crippen LogP contribution in [0.15, 0.2) is 60.7 Å². The van der Waals surface area contributed by atoms with Gasteiger partial charge in [-0.15, -0.1) is 0 Å². The maximum atomic E-state index is 14.1. The molecule has 0 aliphatic heterocycles. The van der Waals surface area contributed by atoms with Crippen LogP contribution in [0.4, 0.5) is 23.2 Å². The summed E-state index contributed by atoms with van der Waals surface area (Å²) in [6.07, 6.45) is 0. The number of nitrogens with one attached hydrogen (secondary N) is 1. The monoisotopic (exact) mass is 450 g/mol. The zero-order valence-electron chi connectivity index (χ0n) is 15.8. The third-order valence-electron chi connectivity index (χ3n) is 4.29. The minimum Gasteiger partial charge on any atom is -0.325 e. The first-order valence-electron chi connectivity index (χ1n) is 8.97. The maximum Gasteiger partial charge on any atom is 0.254 e. The Morgan fingerprint density at radius 3 is 2.35 bits per heavy atom. The van der Waals surface area contributed by atoms with Crippen LogP contribution in [0.3, 0.4) is 0 Å². The van der Waals surface area contributed by atoms with E-state index < -0.39 is 48.2 Å². The number of hydrogen-bond acceptors (Lipinski definition) is 2. The molecule has 0 aliphatic carbocycles. The van der Waals surface area contributed by atoms with Gasteiger partial charge in [-0.3, -0.25) is 9.59 Å². The normalized spacial score (nSPS) is 10.6. The van der Waals surface area contributed by atoms with Crippen LogP contribution in [-0.2, 0) is 11.3 Å². The first kappa shape index (κ1) is 22.3. The lowest BCUT2D eigenvalue weighted by atomic mass is 10.1. The van der Waals surface area contributed by atoms with Crippen LogP contribution in [0.2, 0.25) is 5.02 Å². The van der Waals surface area contributed by atoms with E-state index in [4.69, 9.17) is 11.6 Å². The third kappa shape index (κ3) is 5.61. The van der Waals surface area contributed by atoms with Crippen molar-refractivity contribution >= 4 is 29.1 Å². The topological polar surface area (TPSA) is 49.4 Å². The number of amides is 2.